The van der Waals surface area contributed by atoms with Crippen LogP contribution in [-0.2, 0) is 19.6 Å². The number of benzene rings is 2. The molecule has 0 radical (unpaired) electrons. The summed E-state index contributed by atoms with van der Waals surface area (Å²) in [6.07, 6.45) is 1.91. The summed E-state index contributed by atoms with van der Waals surface area (Å²) >= 11 is 1.51. The smallest absolute Gasteiger partial charge is 0.326 e. The zero-order valence-corrected chi connectivity index (χ0v) is 15.8. The fraction of sp³-hybridized carbons (Fsp3) is 0.235. The van der Waals surface area contributed by atoms with Crippen molar-refractivity contribution in [2.24, 2.45) is 0 Å². The van der Waals surface area contributed by atoms with E-state index in [9.17, 15) is 13.2 Å². The number of sulfonamides is 1. The number of carbonyl (C=O) groups excluding carboxylic acids is 1. The second kappa shape index (κ2) is 8.26. The minimum atomic E-state index is -3.94. The molecule has 0 aliphatic heterocycles. The van der Waals surface area contributed by atoms with E-state index in [2.05, 4.69) is 4.74 Å². The summed E-state index contributed by atoms with van der Waals surface area (Å²) in [4.78, 5) is 12.8. The summed E-state index contributed by atoms with van der Waals surface area (Å²) in [5.41, 5.74) is 0.318. The molecule has 0 N–H and O–H groups in total. The lowest BCUT2D eigenvalue weighted by atomic mass is 10.3. The summed E-state index contributed by atoms with van der Waals surface area (Å²) in [5.74, 6) is -0.174. The van der Waals surface area contributed by atoms with Crippen molar-refractivity contribution in [3.05, 3.63) is 48.5 Å². The molecule has 25 heavy (non-hydrogen) atoms. The minimum absolute atomic E-state index is 0.0945. The Morgan fingerprint density at radius 2 is 1.80 bits per heavy atom. The van der Waals surface area contributed by atoms with Gasteiger partial charge in [0.05, 0.1) is 24.8 Å². The van der Waals surface area contributed by atoms with Crippen LogP contribution in [0.4, 0.5) is 5.69 Å². The van der Waals surface area contributed by atoms with E-state index in [0.29, 0.717) is 11.4 Å². The van der Waals surface area contributed by atoms with Crippen LogP contribution in [0.5, 0.6) is 5.75 Å². The number of carbonyl (C=O) groups is 1. The van der Waals surface area contributed by atoms with E-state index in [4.69, 9.17) is 4.74 Å². The number of hydrogen-bond donors (Lipinski definition) is 0. The maximum Gasteiger partial charge on any atom is 0.326 e. The van der Waals surface area contributed by atoms with Gasteiger partial charge in [-0.15, -0.1) is 11.8 Å². The molecule has 0 atom stereocenters. The van der Waals surface area contributed by atoms with Crippen LogP contribution in [0, 0.1) is 0 Å². The van der Waals surface area contributed by atoms with Crippen LogP contribution >= 0.6 is 11.8 Å². The standard InChI is InChI=1S/C17H19NO5S2/c1-22-14-6-4-5-13(11-14)18(12-17(19)23-2)25(20,21)16-9-7-15(24-3)8-10-16/h4-11H,12H2,1-3H3. The maximum atomic E-state index is 13.1. The highest BCUT2D eigenvalue weighted by molar-refractivity contribution is 7.98. The first-order chi connectivity index (χ1) is 11.9. The van der Waals surface area contributed by atoms with Crippen molar-refractivity contribution in [1.29, 1.82) is 0 Å². The van der Waals surface area contributed by atoms with Gasteiger partial charge in [-0.05, 0) is 42.7 Å². The van der Waals surface area contributed by atoms with Gasteiger partial charge in [0, 0.05) is 11.0 Å². The quantitative estimate of drug-likeness (QED) is 0.542. The summed E-state index contributed by atoms with van der Waals surface area (Å²) in [6, 6.07) is 13.0. The highest BCUT2D eigenvalue weighted by atomic mass is 32.2. The molecule has 2 rings (SSSR count). The largest absolute Gasteiger partial charge is 0.497 e. The van der Waals surface area contributed by atoms with Crippen LogP contribution in [0.2, 0.25) is 0 Å². The number of esters is 1. The fourth-order valence-corrected chi connectivity index (χ4v) is 3.95. The number of nitrogens with zero attached hydrogens (tertiary/aromatic N) is 1. The number of hydrogen-bond acceptors (Lipinski definition) is 6. The molecule has 0 amide bonds. The van der Waals surface area contributed by atoms with E-state index in [-0.39, 0.29) is 4.90 Å². The van der Waals surface area contributed by atoms with Crippen LogP contribution < -0.4 is 9.04 Å². The van der Waals surface area contributed by atoms with E-state index >= 15 is 0 Å². The number of methoxy groups -OCH3 is 2. The van der Waals surface area contributed by atoms with E-state index < -0.39 is 22.5 Å². The number of rotatable bonds is 7. The molecule has 0 heterocycles. The highest BCUT2D eigenvalue weighted by Gasteiger charge is 2.27. The predicted molar refractivity (Wildman–Crippen MR) is 97.8 cm³/mol. The average Bonchev–Trinajstić information content (AvgIpc) is 2.65. The monoisotopic (exact) mass is 381 g/mol. The highest BCUT2D eigenvalue weighted by Crippen LogP contribution is 2.28. The van der Waals surface area contributed by atoms with Crippen LogP contribution in [-0.4, -0.2) is 41.4 Å². The van der Waals surface area contributed by atoms with Crippen LogP contribution in [0.15, 0.2) is 58.3 Å². The molecule has 2 aromatic rings. The molecule has 0 aliphatic rings. The number of thioether (sulfide) groups is 1. The SMILES string of the molecule is COC(=O)CN(c1cccc(OC)c1)S(=O)(=O)c1ccc(SC)cc1. The van der Waals surface area contributed by atoms with E-state index in [1.54, 1.807) is 36.4 Å². The molecule has 0 bridgehead atoms. The van der Waals surface area contributed by atoms with Gasteiger partial charge in [-0.3, -0.25) is 9.10 Å². The van der Waals surface area contributed by atoms with Gasteiger partial charge in [0.2, 0.25) is 0 Å². The second-order valence-corrected chi connectivity index (χ2v) is 7.71. The Balaban J connectivity index is 2.50. The van der Waals surface area contributed by atoms with Gasteiger partial charge in [0.1, 0.15) is 12.3 Å². The Hall–Kier alpha value is -2.19. The number of ether oxygens (including phenoxy) is 2. The van der Waals surface area contributed by atoms with Gasteiger partial charge < -0.3 is 9.47 Å². The van der Waals surface area contributed by atoms with Crippen molar-refractivity contribution >= 4 is 33.4 Å². The molecular weight excluding hydrogens is 362 g/mol. The third-order valence-corrected chi connectivity index (χ3v) is 6.02. The molecule has 0 saturated carbocycles. The molecule has 0 spiro atoms. The predicted octanol–water partition coefficient (Wildman–Crippen LogP) is 2.79. The lowest BCUT2D eigenvalue weighted by Gasteiger charge is -2.23. The van der Waals surface area contributed by atoms with E-state index in [1.165, 1.54) is 38.1 Å². The Bertz CT molecular complexity index is 834. The van der Waals surface area contributed by atoms with Crippen molar-refractivity contribution in [1.82, 2.24) is 0 Å². The van der Waals surface area contributed by atoms with Gasteiger partial charge >= 0.3 is 5.97 Å². The molecule has 0 saturated heterocycles. The van der Waals surface area contributed by atoms with Crippen molar-refractivity contribution in [3.8, 4) is 5.75 Å². The molecular formula is C17H19NO5S2. The van der Waals surface area contributed by atoms with E-state index in [0.717, 1.165) is 9.20 Å². The molecule has 0 aliphatic carbocycles. The van der Waals surface area contributed by atoms with Crippen molar-refractivity contribution in [3.63, 3.8) is 0 Å². The molecule has 6 nitrogen and oxygen atoms in total. The van der Waals surface area contributed by atoms with Gasteiger partial charge in [-0.25, -0.2) is 8.42 Å². The molecule has 0 aromatic heterocycles. The van der Waals surface area contributed by atoms with Gasteiger partial charge in [0.25, 0.3) is 10.0 Å². The Morgan fingerprint density at radius 1 is 1.12 bits per heavy atom. The first kappa shape index (κ1) is 19.1. The molecule has 134 valence electrons. The van der Waals surface area contributed by atoms with Crippen molar-refractivity contribution < 1.29 is 22.7 Å². The zero-order chi connectivity index (χ0) is 18.4. The third kappa shape index (κ3) is 4.46. The molecule has 0 fully saturated rings. The van der Waals surface area contributed by atoms with Crippen LogP contribution in [0.1, 0.15) is 0 Å². The molecule has 0 unspecified atom stereocenters. The lowest BCUT2D eigenvalue weighted by Crippen LogP contribution is -2.36. The number of anilines is 1. The normalized spacial score (nSPS) is 11.0. The minimum Gasteiger partial charge on any atom is -0.497 e. The fourth-order valence-electron chi connectivity index (χ4n) is 2.14. The lowest BCUT2D eigenvalue weighted by molar-refractivity contribution is -0.138. The average molecular weight is 381 g/mol. The van der Waals surface area contributed by atoms with Gasteiger partial charge in [-0.2, -0.15) is 0 Å². The summed E-state index contributed by atoms with van der Waals surface area (Å²) in [7, 11) is -1.24. The van der Waals surface area contributed by atoms with Crippen molar-refractivity contribution in [2.45, 2.75) is 9.79 Å². The van der Waals surface area contributed by atoms with Crippen LogP contribution in [0.3, 0.4) is 0 Å². The summed E-state index contributed by atoms with van der Waals surface area (Å²) in [5, 5.41) is 0. The molecule has 8 heteroatoms. The Morgan fingerprint density at radius 3 is 2.36 bits per heavy atom. The van der Waals surface area contributed by atoms with Crippen molar-refractivity contribution in [2.75, 3.05) is 31.3 Å². The van der Waals surface area contributed by atoms with E-state index in [1.807, 2.05) is 6.26 Å². The van der Waals surface area contributed by atoms with Crippen LogP contribution in [0.25, 0.3) is 0 Å². The van der Waals surface area contributed by atoms with Gasteiger partial charge in [-0.1, -0.05) is 6.07 Å². The first-order valence-corrected chi connectivity index (χ1v) is 9.96. The molecule has 2 aromatic carbocycles. The zero-order valence-electron chi connectivity index (χ0n) is 14.1. The first-order valence-electron chi connectivity index (χ1n) is 7.30. The summed E-state index contributed by atoms with van der Waals surface area (Å²) in [6.45, 7) is -0.434. The maximum absolute atomic E-state index is 13.1. The summed E-state index contributed by atoms with van der Waals surface area (Å²) < 4.78 is 36.9. The Kier molecular flexibility index (Phi) is 6.33. The Labute approximate surface area is 151 Å². The topological polar surface area (TPSA) is 72.9 Å². The third-order valence-electron chi connectivity index (χ3n) is 3.49. The van der Waals surface area contributed by atoms with Gasteiger partial charge in [0.15, 0.2) is 0 Å². The second-order valence-electron chi connectivity index (χ2n) is 4.96.